The van der Waals surface area contributed by atoms with Gasteiger partial charge in [-0.15, -0.1) is 10.2 Å². The highest BCUT2D eigenvalue weighted by Gasteiger charge is 2.22. The molecule has 0 N–H and O–H groups in total. The average molecular weight is 338 g/mol. The molecule has 1 unspecified atom stereocenters. The molecule has 2 aromatic heterocycles. The number of hydrogen-bond acceptors (Lipinski definition) is 4. The topological polar surface area (TPSA) is 64.2 Å². The molecule has 130 valence electrons. The minimum Gasteiger partial charge on any atom is -0.469 e. The van der Waals surface area contributed by atoms with Crippen molar-refractivity contribution < 1.29 is 9.21 Å². The second-order valence-electron chi connectivity index (χ2n) is 6.21. The third-order valence-electron chi connectivity index (χ3n) is 4.30. The van der Waals surface area contributed by atoms with Gasteiger partial charge >= 0.3 is 0 Å². The smallest absolute Gasteiger partial charge is 0.223 e. The van der Waals surface area contributed by atoms with E-state index >= 15 is 0 Å². The molecule has 6 nitrogen and oxygen atoms in total. The summed E-state index contributed by atoms with van der Waals surface area (Å²) >= 11 is 0. The van der Waals surface area contributed by atoms with Crippen molar-refractivity contribution in [2.24, 2.45) is 7.05 Å². The Kier molecular flexibility index (Phi) is 5.28. The molecule has 0 saturated carbocycles. The molecule has 1 atom stereocenters. The van der Waals surface area contributed by atoms with Gasteiger partial charge in [-0.1, -0.05) is 30.3 Å². The van der Waals surface area contributed by atoms with E-state index in [4.69, 9.17) is 4.42 Å². The molecule has 0 saturated heterocycles. The van der Waals surface area contributed by atoms with Crippen molar-refractivity contribution in [3.05, 3.63) is 72.2 Å². The van der Waals surface area contributed by atoms with Crippen LogP contribution in [0, 0.1) is 0 Å². The van der Waals surface area contributed by atoms with Gasteiger partial charge in [-0.25, -0.2) is 0 Å². The van der Waals surface area contributed by atoms with Gasteiger partial charge in [0, 0.05) is 26.4 Å². The van der Waals surface area contributed by atoms with Gasteiger partial charge in [-0.05, 0) is 24.1 Å². The lowest BCUT2D eigenvalue weighted by Gasteiger charge is -2.20. The summed E-state index contributed by atoms with van der Waals surface area (Å²) in [4.78, 5) is 14.4. The fourth-order valence-corrected chi connectivity index (χ4v) is 2.81. The summed E-state index contributed by atoms with van der Waals surface area (Å²) < 4.78 is 7.39. The predicted molar refractivity (Wildman–Crippen MR) is 93.7 cm³/mol. The van der Waals surface area contributed by atoms with Crippen molar-refractivity contribution in [3.63, 3.8) is 0 Å². The number of aromatic nitrogens is 3. The monoisotopic (exact) mass is 338 g/mol. The first-order valence-electron chi connectivity index (χ1n) is 8.27. The lowest BCUT2D eigenvalue weighted by molar-refractivity contribution is -0.131. The van der Waals surface area contributed by atoms with E-state index in [1.807, 2.05) is 41.9 Å². The van der Waals surface area contributed by atoms with Crippen LogP contribution in [0.1, 0.15) is 29.5 Å². The summed E-state index contributed by atoms with van der Waals surface area (Å²) in [5.74, 6) is 1.66. The number of amides is 1. The zero-order valence-corrected chi connectivity index (χ0v) is 14.5. The standard InChI is InChI=1S/C19H22N4O2/c1-22(13-18-21-20-14-23(18)2)19(24)12-16(17-9-6-10-25-17)11-15-7-4-3-5-8-15/h3-10,14,16H,11-13H2,1-2H3. The van der Waals surface area contributed by atoms with Gasteiger partial charge in [0.1, 0.15) is 12.1 Å². The van der Waals surface area contributed by atoms with Crippen LogP contribution in [0.5, 0.6) is 0 Å². The van der Waals surface area contributed by atoms with Gasteiger partial charge in [0.05, 0.1) is 12.8 Å². The molecule has 1 amide bonds. The Labute approximate surface area is 147 Å². The van der Waals surface area contributed by atoms with E-state index in [0.717, 1.165) is 18.0 Å². The SMILES string of the molecule is CN(Cc1nncn1C)C(=O)CC(Cc1ccccc1)c1ccco1. The Balaban J connectivity index is 1.69. The maximum atomic E-state index is 12.7. The van der Waals surface area contributed by atoms with E-state index < -0.39 is 0 Å². The first-order valence-corrected chi connectivity index (χ1v) is 8.27. The summed E-state index contributed by atoms with van der Waals surface area (Å²) in [5.41, 5.74) is 1.19. The lowest BCUT2D eigenvalue weighted by atomic mass is 9.93. The third-order valence-corrected chi connectivity index (χ3v) is 4.30. The summed E-state index contributed by atoms with van der Waals surface area (Å²) in [6.45, 7) is 0.436. The molecular weight excluding hydrogens is 316 g/mol. The Morgan fingerprint density at radius 3 is 2.68 bits per heavy atom. The van der Waals surface area contributed by atoms with Crippen LogP contribution in [0.3, 0.4) is 0 Å². The number of furan rings is 1. The van der Waals surface area contributed by atoms with E-state index in [1.54, 1.807) is 24.5 Å². The van der Waals surface area contributed by atoms with E-state index in [1.165, 1.54) is 5.56 Å². The summed E-state index contributed by atoms with van der Waals surface area (Å²) in [7, 11) is 3.66. The molecule has 25 heavy (non-hydrogen) atoms. The Morgan fingerprint density at radius 2 is 2.04 bits per heavy atom. The Morgan fingerprint density at radius 1 is 1.24 bits per heavy atom. The minimum atomic E-state index is 0.00634. The van der Waals surface area contributed by atoms with Gasteiger partial charge in [-0.3, -0.25) is 4.79 Å². The van der Waals surface area contributed by atoms with Gasteiger partial charge in [-0.2, -0.15) is 0 Å². The largest absolute Gasteiger partial charge is 0.469 e. The molecule has 6 heteroatoms. The fraction of sp³-hybridized carbons (Fsp3) is 0.316. The van der Waals surface area contributed by atoms with Crippen molar-refractivity contribution in [1.29, 1.82) is 0 Å². The molecule has 3 aromatic rings. The highest BCUT2D eigenvalue weighted by atomic mass is 16.3. The highest BCUT2D eigenvalue weighted by Crippen LogP contribution is 2.25. The zero-order chi connectivity index (χ0) is 17.6. The van der Waals surface area contributed by atoms with Crippen molar-refractivity contribution in [1.82, 2.24) is 19.7 Å². The molecule has 0 aliphatic heterocycles. The summed E-state index contributed by atoms with van der Waals surface area (Å²) in [5, 5.41) is 7.89. The fourth-order valence-electron chi connectivity index (χ4n) is 2.81. The van der Waals surface area contributed by atoms with E-state index in [2.05, 4.69) is 22.3 Å². The van der Waals surface area contributed by atoms with Crippen LogP contribution in [0.25, 0.3) is 0 Å². The van der Waals surface area contributed by atoms with Crippen LogP contribution in [0.15, 0.2) is 59.5 Å². The van der Waals surface area contributed by atoms with Crippen LogP contribution in [-0.4, -0.2) is 32.6 Å². The second kappa shape index (κ2) is 7.79. The van der Waals surface area contributed by atoms with Gasteiger partial charge < -0.3 is 13.9 Å². The summed E-state index contributed by atoms with van der Waals surface area (Å²) in [6, 6.07) is 14.0. The number of nitrogens with zero attached hydrogens (tertiary/aromatic N) is 4. The third kappa shape index (κ3) is 4.35. The number of carbonyl (C=O) groups is 1. The number of carbonyl (C=O) groups excluding carboxylic acids is 1. The number of rotatable bonds is 7. The lowest BCUT2D eigenvalue weighted by Crippen LogP contribution is -2.29. The molecular formula is C19H22N4O2. The molecule has 1 aromatic carbocycles. The van der Waals surface area contributed by atoms with Gasteiger partial charge in [0.15, 0.2) is 5.82 Å². The Bertz CT molecular complexity index is 796. The van der Waals surface area contributed by atoms with Crippen LogP contribution < -0.4 is 0 Å². The number of aryl methyl sites for hydroxylation is 1. The molecule has 0 spiro atoms. The van der Waals surface area contributed by atoms with E-state index in [0.29, 0.717) is 13.0 Å². The van der Waals surface area contributed by atoms with E-state index in [-0.39, 0.29) is 11.8 Å². The van der Waals surface area contributed by atoms with Crippen molar-refractivity contribution in [2.75, 3.05) is 7.05 Å². The maximum Gasteiger partial charge on any atom is 0.223 e. The first kappa shape index (κ1) is 17.0. The maximum absolute atomic E-state index is 12.7. The van der Waals surface area contributed by atoms with Crippen molar-refractivity contribution in [2.45, 2.75) is 25.3 Å². The van der Waals surface area contributed by atoms with Crippen LogP contribution in [0.4, 0.5) is 0 Å². The molecule has 0 aliphatic carbocycles. The van der Waals surface area contributed by atoms with Gasteiger partial charge in [0.25, 0.3) is 0 Å². The molecule has 0 fully saturated rings. The first-order chi connectivity index (χ1) is 12.1. The minimum absolute atomic E-state index is 0.00634. The Hall–Kier alpha value is -2.89. The molecule has 0 radical (unpaired) electrons. The van der Waals surface area contributed by atoms with Gasteiger partial charge in [0.2, 0.25) is 5.91 Å². The van der Waals surface area contributed by atoms with Crippen LogP contribution >= 0.6 is 0 Å². The second-order valence-corrected chi connectivity index (χ2v) is 6.21. The molecule has 3 rings (SSSR count). The van der Waals surface area contributed by atoms with E-state index in [9.17, 15) is 4.79 Å². The number of benzene rings is 1. The van der Waals surface area contributed by atoms with Crippen molar-refractivity contribution in [3.8, 4) is 0 Å². The van der Waals surface area contributed by atoms with Crippen molar-refractivity contribution >= 4 is 5.91 Å². The normalized spacial score (nSPS) is 12.1. The quantitative estimate of drug-likeness (QED) is 0.664. The molecule has 0 bridgehead atoms. The number of hydrogen-bond donors (Lipinski definition) is 0. The highest BCUT2D eigenvalue weighted by molar-refractivity contribution is 5.76. The zero-order valence-electron chi connectivity index (χ0n) is 14.5. The summed E-state index contributed by atoms with van der Waals surface area (Å²) in [6.07, 6.45) is 4.43. The van der Waals surface area contributed by atoms with Crippen LogP contribution in [0.2, 0.25) is 0 Å². The van der Waals surface area contributed by atoms with Crippen LogP contribution in [-0.2, 0) is 24.8 Å². The molecule has 2 heterocycles. The average Bonchev–Trinajstić information content (AvgIpc) is 3.28. The molecule has 0 aliphatic rings. The predicted octanol–water partition coefficient (Wildman–Crippen LogP) is 2.78.